The number of primary amides is 1. The summed E-state index contributed by atoms with van der Waals surface area (Å²) in [6.45, 7) is 3.20. The summed E-state index contributed by atoms with van der Waals surface area (Å²) in [6, 6.07) is -3.22. The minimum Gasteiger partial charge on any atom is -0.480 e. The number of hydrogen-bond acceptors (Lipinski definition) is 7. The van der Waals surface area contributed by atoms with Crippen LogP contribution in [0.3, 0.4) is 0 Å². The van der Waals surface area contributed by atoms with E-state index in [4.69, 9.17) is 11.5 Å². The molecule has 0 aromatic heterocycles. The molecule has 0 aromatic carbocycles. The van der Waals surface area contributed by atoms with Crippen LogP contribution in [0, 0.1) is 5.92 Å². The van der Waals surface area contributed by atoms with E-state index in [-0.39, 0.29) is 31.7 Å². The zero-order valence-electron chi connectivity index (χ0n) is 17.6. The van der Waals surface area contributed by atoms with E-state index in [2.05, 4.69) is 16.0 Å². The topological polar surface area (TPSA) is 194 Å². The van der Waals surface area contributed by atoms with Gasteiger partial charge < -0.3 is 32.5 Å². The van der Waals surface area contributed by atoms with E-state index < -0.39 is 47.7 Å². The summed E-state index contributed by atoms with van der Waals surface area (Å²) in [5.74, 6) is -3.51. The third kappa shape index (κ3) is 10.4. The molecule has 4 unspecified atom stereocenters. The Morgan fingerprint density at radius 2 is 1.63 bits per heavy atom. The molecule has 0 saturated heterocycles. The Morgan fingerprint density at radius 1 is 1.00 bits per heavy atom. The number of rotatable bonds is 15. The SMILES string of the molecule is CCC(C)C(NC(=O)C(CCC(N)=O)NC(=O)CN)C(=O)NC(CCSC)C(=O)O. The number of hydrogen-bond donors (Lipinski definition) is 6. The molecular weight excluding hydrogens is 414 g/mol. The Kier molecular flexibility index (Phi) is 13.5. The quantitative estimate of drug-likeness (QED) is 0.175. The Bertz CT molecular complexity index is 618. The molecule has 0 radical (unpaired) electrons. The molecule has 4 atom stereocenters. The number of carboxylic acid groups (broad SMARTS) is 1. The Labute approximate surface area is 180 Å². The third-order valence-corrected chi connectivity index (χ3v) is 5.18. The predicted molar refractivity (Wildman–Crippen MR) is 113 cm³/mol. The van der Waals surface area contributed by atoms with Crippen molar-refractivity contribution < 1.29 is 29.1 Å². The molecule has 8 N–H and O–H groups in total. The summed E-state index contributed by atoms with van der Waals surface area (Å²) in [6.07, 6.45) is 2.37. The van der Waals surface area contributed by atoms with Crippen molar-refractivity contribution in [3.05, 3.63) is 0 Å². The fraction of sp³-hybridized carbons (Fsp3) is 0.722. The molecule has 172 valence electrons. The summed E-state index contributed by atoms with van der Waals surface area (Å²) < 4.78 is 0. The van der Waals surface area contributed by atoms with Crippen molar-refractivity contribution in [2.24, 2.45) is 17.4 Å². The Morgan fingerprint density at radius 3 is 2.10 bits per heavy atom. The molecule has 0 bridgehead atoms. The van der Waals surface area contributed by atoms with Crippen LogP contribution < -0.4 is 27.4 Å². The third-order valence-electron chi connectivity index (χ3n) is 4.53. The van der Waals surface area contributed by atoms with Crippen LogP contribution >= 0.6 is 11.8 Å². The van der Waals surface area contributed by atoms with Crippen molar-refractivity contribution in [3.8, 4) is 0 Å². The lowest BCUT2D eigenvalue weighted by Crippen LogP contribution is -2.58. The first-order chi connectivity index (χ1) is 14.1. The second kappa shape index (κ2) is 14.6. The highest BCUT2D eigenvalue weighted by Gasteiger charge is 2.32. The van der Waals surface area contributed by atoms with Crippen molar-refractivity contribution in [1.29, 1.82) is 0 Å². The van der Waals surface area contributed by atoms with Crippen LogP contribution in [0.15, 0.2) is 0 Å². The van der Waals surface area contributed by atoms with Crippen LogP contribution in [0.5, 0.6) is 0 Å². The number of carbonyl (C=O) groups excluding carboxylic acids is 4. The lowest BCUT2D eigenvalue weighted by Gasteiger charge is -2.27. The monoisotopic (exact) mass is 447 g/mol. The molecule has 0 spiro atoms. The van der Waals surface area contributed by atoms with Crippen molar-refractivity contribution >= 4 is 41.4 Å². The van der Waals surface area contributed by atoms with Gasteiger partial charge in [-0.05, 0) is 30.8 Å². The molecule has 12 heteroatoms. The van der Waals surface area contributed by atoms with Crippen molar-refractivity contribution in [3.63, 3.8) is 0 Å². The zero-order chi connectivity index (χ0) is 23.3. The highest BCUT2D eigenvalue weighted by atomic mass is 32.2. The molecule has 30 heavy (non-hydrogen) atoms. The molecule has 0 aromatic rings. The summed E-state index contributed by atoms with van der Waals surface area (Å²) in [5, 5.41) is 16.8. The largest absolute Gasteiger partial charge is 0.480 e. The van der Waals surface area contributed by atoms with Gasteiger partial charge in [-0.2, -0.15) is 11.8 Å². The van der Waals surface area contributed by atoms with Gasteiger partial charge in [0.25, 0.3) is 0 Å². The molecule has 0 aliphatic rings. The number of amides is 4. The zero-order valence-corrected chi connectivity index (χ0v) is 18.4. The highest BCUT2D eigenvalue weighted by molar-refractivity contribution is 7.98. The first kappa shape index (κ1) is 27.7. The Balaban J connectivity index is 5.40. The van der Waals surface area contributed by atoms with Crippen LogP contribution in [0.2, 0.25) is 0 Å². The fourth-order valence-corrected chi connectivity index (χ4v) is 2.99. The number of nitrogens with two attached hydrogens (primary N) is 2. The van der Waals surface area contributed by atoms with Crippen LogP contribution in [0.25, 0.3) is 0 Å². The minimum absolute atomic E-state index is 0.0623. The molecule has 0 aliphatic carbocycles. The number of thioether (sulfide) groups is 1. The Hall–Kier alpha value is -2.34. The van der Waals surface area contributed by atoms with Gasteiger partial charge in [-0.15, -0.1) is 0 Å². The first-order valence-corrected chi connectivity index (χ1v) is 11.1. The van der Waals surface area contributed by atoms with E-state index >= 15 is 0 Å². The standard InChI is InChI=1S/C18H33N5O6S/c1-4-10(2)15(17(27)22-12(18(28)29)7-8-30-3)23-16(26)11(5-6-13(20)24)21-14(25)9-19/h10-12,15H,4-9,19H2,1-3H3,(H2,20,24)(H,21,25)(H,22,27)(H,23,26)(H,28,29). The van der Waals surface area contributed by atoms with Gasteiger partial charge >= 0.3 is 5.97 Å². The van der Waals surface area contributed by atoms with Gasteiger partial charge in [-0.1, -0.05) is 20.3 Å². The van der Waals surface area contributed by atoms with E-state index in [0.29, 0.717) is 12.2 Å². The average Bonchev–Trinajstić information content (AvgIpc) is 2.70. The van der Waals surface area contributed by atoms with E-state index in [1.165, 1.54) is 11.8 Å². The van der Waals surface area contributed by atoms with Crippen LogP contribution in [-0.2, 0) is 24.0 Å². The molecular formula is C18H33N5O6S. The number of carboxylic acids is 1. The lowest BCUT2D eigenvalue weighted by atomic mass is 9.97. The van der Waals surface area contributed by atoms with Crippen LogP contribution in [0.1, 0.15) is 39.5 Å². The number of carbonyl (C=O) groups is 5. The number of nitrogens with one attached hydrogen (secondary N) is 3. The highest BCUT2D eigenvalue weighted by Crippen LogP contribution is 2.11. The maximum absolute atomic E-state index is 12.7. The molecule has 0 fully saturated rings. The average molecular weight is 448 g/mol. The second-order valence-electron chi connectivity index (χ2n) is 6.88. The lowest BCUT2D eigenvalue weighted by molar-refractivity contribution is -0.142. The van der Waals surface area contributed by atoms with Gasteiger partial charge in [0.05, 0.1) is 6.54 Å². The molecule has 0 aliphatic heterocycles. The minimum atomic E-state index is -1.17. The van der Waals surface area contributed by atoms with Crippen molar-refractivity contribution in [2.75, 3.05) is 18.6 Å². The molecule has 0 rings (SSSR count). The van der Waals surface area contributed by atoms with Crippen molar-refractivity contribution in [2.45, 2.75) is 57.7 Å². The van der Waals surface area contributed by atoms with Crippen molar-refractivity contribution in [1.82, 2.24) is 16.0 Å². The second-order valence-corrected chi connectivity index (χ2v) is 7.87. The summed E-state index contributed by atoms with van der Waals surface area (Å²) in [4.78, 5) is 59.6. The van der Waals surface area contributed by atoms with Gasteiger partial charge in [-0.25, -0.2) is 4.79 Å². The van der Waals surface area contributed by atoms with E-state index in [9.17, 15) is 29.1 Å². The molecule has 0 heterocycles. The van der Waals surface area contributed by atoms with Gasteiger partial charge in [-0.3, -0.25) is 19.2 Å². The smallest absolute Gasteiger partial charge is 0.326 e. The number of aliphatic carboxylic acids is 1. The maximum atomic E-state index is 12.7. The maximum Gasteiger partial charge on any atom is 0.326 e. The summed E-state index contributed by atoms with van der Waals surface area (Å²) in [5.41, 5.74) is 10.4. The van der Waals surface area contributed by atoms with Gasteiger partial charge in [0, 0.05) is 6.42 Å². The normalized spacial score (nSPS) is 14.7. The first-order valence-electron chi connectivity index (χ1n) is 9.67. The summed E-state index contributed by atoms with van der Waals surface area (Å²) >= 11 is 1.45. The van der Waals surface area contributed by atoms with E-state index in [1.807, 2.05) is 13.2 Å². The molecule has 4 amide bonds. The van der Waals surface area contributed by atoms with E-state index in [0.717, 1.165) is 0 Å². The fourth-order valence-electron chi connectivity index (χ4n) is 2.52. The molecule has 0 saturated carbocycles. The van der Waals surface area contributed by atoms with Crippen LogP contribution in [0.4, 0.5) is 0 Å². The summed E-state index contributed by atoms with van der Waals surface area (Å²) in [7, 11) is 0. The van der Waals surface area contributed by atoms with Gasteiger partial charge in [0.1, 0.15) is 18.1 Å². The van der Waals surface area contributed by atoms with Gasteiger partial charge in [0.15, 0.2) is 0 Å². The molecule has 11 nitrogen and oxygen atoms in total. The van der Waals surface area contributed by atoms with E-state index in [1.54, 1.807) is 6.92 Å². The van der Waals surface area contributed by atoms with Gasteiger partial charge in [0.2, 0.25) is 23.6 Å². The predicted octanol–water partition coefficient (Wildman–Crippen LogP) is -1.45. The van der Waals surface area contributed by atoms with Crippen LogP contribution in [-0.4, -0.2) is 71.4 Å².